The van der Waals surface area contributed by atoms with Crippen LogP contribution in [-0.2, 0) is 0 Å². The third-order valence-electron chi connectivity index (χ3n) is 4.21. The number of aromatic nitrogens is 4. The van der Waals surface area contributed by atoms with Crippen molar-refractivity contribution in [2.45, 2.75) is 13.8 Å². The van der Waals surface area contributed by atoms with E-state index in [1.54, 1.807) is 10.8 Å². The van der Waals surface area contributed by atoms with Gasteiger partial charge in [0.1, 0.15) is 6.33 Å². The van der Waals surface area contributed by atoms with Crippen LogP contribution >= 0.6 is 0 Å². The summed E-state index contributed by atoms with van der Waals surface area (Å²) in [5.41, 5.74) is 5.97. The van der Waals surface area contributed by atoms with Crippen molar-refractivity contribution in [3.05, 3.63) is 72.1 Å². The van der Waals surface area contributed by atoms with Gasteiger partial charge < -0.3 is 10.6 Å². The quantitative estimate of drug-likeness (QED) is 0.579. The van der Waals surface area contributed by atoms with E-state index in [-0.39, 0.29) is 6.03 Å². The molecule has 0 saturated heterocycles. The van der Waals surface area contributed by atoms with E-state index in [1.165, 1.54) is 0 Å². The first kappa shape index (κ1) is 16.7. The molecular formula is C20H18N6O. The molecule has 0 aliphatic carbocycles. The number of amides is 2. The van der Waals surface area contributed by atoms with E-state index in [0.717, 1.165) is 28.1 Å². The maximum Gasteiger partial charge on any atom is 0.323 e. The van der Waals surface area contributed by atoms with Crippen LogP contribution in [0.2, 0.25) is 0 Å². The predicted octanol–water partition coefficient (Wildman–Crippen LogP) is 4.05. The third-order valence-corrected chi connectivity index (χ3v) is 4.21. The molecule has 7 heteroatoms. The molecule has 0 radical (unpaired) electrons. The highest BCUT2D eigenvalue weighted by atomic mass is 16.2. The number of nitrogens with one attached hydrogen (secondary N) is 2. The summed E-state index contributed by atoms with van der Waals surface area (Å²) in [4.78, 5) is 12.3. The topological polar surface area (TPSA) is 84.2 Å². The maximum atomic E-state index is 12.3. The number of urea groups is 1. The van der Waals surface area contributed by atoms with Gasteiger partial charge in [0.15, 0.2) is 5.65 Å². The van der Waals surface area contributed by atoms with Crippen molar-refractivity contribution in [2.24, 2.45) is 0 Å². The fourth-order valence-electron chi connectivity index (χ4n) is 2.88. The molecule has 2 heterocycles. The van der Waals surface area contributed by atoms with Crippen molar-refractivity contribution in [3.63, 3.8) is 0 Å². The van der Waals surface area contributed by atoms with Crippen LogP contribution in [0.15, 0.2) is 60.9 Å². The molecule has 2 amide bonds. The largest absolute Gasteiger partial charge is 0.323 e. The zero-order chi connectivity index (χ0) is 18.8. The lowest BCUT2D eigenvalue weighted by molar-refractivity contribution is 0.262. The van der Waals surface area contributed by atoms with E-state index in [9.17, 15) is 4.79 Å². The van der Waals surface area contributed by atoms with Crippen LogP contribution < -0.4 is 10.6 Å². The van der Waals surface area contributed by atoms with Gasteiger partial charge in [0.25, 0.3) is 0 Å². The zero-order valence-electron chi connectivity index (χ0n) is 15.0. The lowest BCUT2D eigenvalue weighted by Gasteiger charge is -2.11. The van der Waals surface area contributed by atoms with E-state index in [4.69, 9.17) is 0 Å². The fourth-order valence-corrected chi connectivity index (χ4v) is 2.88. The zero-order valence-corrected chi connectivity index (χ0v) is 15.0. The molecule has 2 aromatic carbocycles. The Hall–Kier alpha value is -3.74. The molecule has 0 saturated carbocycles. The second-order valence-electron chi connectivity index (χ2n) is 6.33. The summed E-state index contributed by atoms with van der Waals surface area (Å²) < 4.78 is 1.61. The van der Waals surface area contributed by atoms with Gasteiger partial charge in [-0.25, -0.2) is 4.79 Å². The summed E-state index contributed by atoms with van der Waals surface area (Å²) >= 11 is 0. The Morgan fingerprint density at radius 1 is 1.00 bits per heavy atom. The Kier molecular flexibility index (Phi) is 4.25. The molecule has 2 aromatic heterocycles. The fraction of sp³-hybridized carbons (Fsp3) is 0.100. The highest BCUT2D eigenvalue weighted by molar-refractivity contribution is 6.00. The van der Waals surface area contributed by atoms with Gasteiger partial charge in [-0.05, 0) is 49.7 Å². The Morgan fingerprint density at radius 3 is 2.74 bits per heavy atom. The summed E-state index contributed by atoms with van der Waals surface area (Å²) in [7, 11) is 0. The molecule has 0 aliphatic heterocycles. The number of benzene rings is 2. The first-order chi connectivity index (χ1) is 13.1. The van der Waals surface area contributed by atoms with Crippen molar-refractivity contribution in [1.82, 2.24) is 19.8 Å². The predicted molar refractivity (Wildman–Crippen MR) is 105 cm³/mol. The average molecular weight is 358 g/mol. The number of nitrogens with zero attached hydrogens (tertiary/aromatic N) is 4. The van der Waals surface area contributed by atoms with Gasteiger partial charge in [0, 0.05) is 16.9 Å². The van der Waals surface area contributed by atoms with Crippen molar-refractivity contribution < 1.29 is 4.79 Å². The van der Waals surface area contributed by atoms with Crippen molar-refractivity contribution in [3.8, 4) is 11.3 Å². The van der Waals surface area contributed by atoms with E-state index in [0.29, 0.717) is 11.3 Å². The average Bonchev–Trinajstić information content (AvgIpc) is 3.12. The summed E-state index contributed by atoms with van der Waals surface area (Å²) in [5.74, 6) is 0. The Bertz CT molecular complexity index is 1130. The monoisotopic (exact) mass is 358 g/mol. The molecule has 0 aliphatic rings. The Balaban J connectivity index is 1.52. The van der Waals surface area contributed by atoms with Gasteiger partial charge in [-0.2, -0.15) is 9.61 Å². The second kappa shape index (κ2) is 6.87. The molecule has 7 nitrogen and oxygen atoms in total. The molecule has 4 rings (SSSR count). The van der Waals surface area contributed by atoms with Crippen LogP contribution in [0, 0.1) is 13.8 Å². The van der Waals surface area contributed by atoms with E-state index in [1.807, 2.05) is 68.4 Å². The minimum absolute atomic E-state index is 0.290. The number of carbonyl (C=O) groups is 1. The molecule has 4 aromatic rings. The van der Waals surface area contributed by atoms with Crippen molar-refractivity contribution in [1.29, 1.82) is 0 Å². The summed E-state index contributed by atoms with van der Waals surface area (Å²) in [5, 5.41) is 18.0. The van der Waals surface area contributed by atoms with Crippen LogP contribution in [0.4, 0.5) is 16.2 Å². The number of aryl methyl sites for hydroxylation is 2. The lowest BCUT2D eigenvalue weighted by atomic mass is 10.1. The third kappa shape index (κ3) is 3.62. The standard InChI is InChI=1S/C20H18N6O/c1-13-6-7-17(14(2)10-13)23-20(27)22-16-5-3-4-15(11-16)18-8-9-19-24-21-12-26(19)25-18/h3-12H,1-2H3,(H2,22,23,27). The van der Waals surface area contributed by atoms with Crippen LogP contribution in [-0.4, -0.2) is 25.8 Å². The van der Waals surface area contributed by atoms with Gasteiger partial charge in [-0.3, -0.25) is 0 Å². The van der Waals surface area contributed by atoms with Crippen LogP contribution in [0.1, 0.15) is 11.1 Å². The normalized spacial score (nSPS) is 10.7. The molecular weight excluding hydrogens is 340 g/mol. The van der Waals surface area contributed by atoms with Crippen LogP contribution in [0.5, 0.6) is 0 Å². The lowest BCUT2D eigenvalue weighted by Crippen LogP contribution is -2.20. The van der Waals surface area contributed by atoms with E-state index in [2.05, 4.69) is 25.9 Å². The smallest absolute Gasteiger partial charge is 0.308 e. The number of hydrogen-bond donors (Lipinski definition) is 2. The molecule has 0 atom stereocenters. The summed E-state index contributed by atoms with van der Waals surface area (Å²) in [6.45, 7) is 3.99. The van der Waals surface area contributed by atoms with Gasteiger partial charge in [0.2, 0.25) is 0 Å². The molecule has 2 N–H and O–H groups in total. The number of rotatable bonds is 3. The van der Waals surface area contributed by atoms with Gasteiger partial charge in [-0.15, -0.1) is 10.2 Å². The number of carbonyl (C=O) groups excluding carboxylic acids is 1. The number of hydrogen-bond acceptors (Lipinski definition) is 4. The van der Waals surface area contributed by atoms with E-state index >= 15 is 0 Å². The first-order valence-corrected chi connectivity index (χ1v) is 8.51. The Labute approximate surface area is 156 Å². The SMILES string of the molecule is Cc1ccc(NC(=O)Nc2cccc(-c3ccc4nncn4n3)c2)c(C)c1. The van der Waals surface area contributed by atoms with Gasteiger partial charge in [0.05, 0.1) is 5.69 Å². The van der Waals surface area contributed by atoms with Gasteiger partial charge >= 0.3 is 6.03 Å². The number of anilines is 2. The number of fused-ring (bicyclic) bond motifs is 1. The van der Waals surface area contributed by atoms with E-state index < -0.39 is 0 Å². The van der Waals surface area contributed by atoms with Crippen LogP contribution in [0.3, 0.4) is 0 Å². The molecule has 0 fully saturated rings. The summed E-state index contributed by atoms with van der Waals surface area (Å²) in [6.07, 6.45) is 1.55. The van der Waals surface area contributed by atoms with Crippen LogP contribution in [0.25, 0.3) is 16.9 Å². The maximum absolute atomic E-state index is 12.3. The Morgan fingerprint density at radius 2 is 1.89 bits per heavy atom. The minimum atomic E-state index is -0.290. The highest BCUT2D eigenvalue weighted by Gasteiger charge is 2.07. The second-order valence-corrected chi connectivity index (χ2v) is 6.33. The molecule has 134 valence electrons. The molecule has 0 spiro atoms. The molecule has 0 bridgehead atoms. The van der Waals surface area contributed by atoms with Crippen molar-refractivity contribution >= 4 is 23.1 Å². The summed E-state index contributed by atoms with van der Waals surface area (Å²) in [6, 6.07) is 16.9. The van der Waals surface area contributed by atoms with Gasteiger partial charge in [-0.1, -0.05) is 29.8 Å². The molecule has 27 heavy (non-hydrogen) atoms. The minimum Gasteiger partial charge on any atom is -0.308 e. The first-order valence-electron chi connectivity index (χ1n) is 8.51. The molecule has 0 unspecified atom stereocenters. The van der Waals surface area contributed by atoms with Crippen molar-refractivity contribution in [2.75, 3.05) is 10.6 Å². The highest BCUT2D eigenvalue weighted by Crippen LogP contribution is 2.22.